The van der Waals surface area contributed by atoms with Crippen molar-refractivity contribution in [2.24, 2.45) is 5.92 Å². The highest BCUT2D eigenvalue weighted by atomic mass is 16.1. The Bertz CT molecular complexity index is 521. The SMILES string of the molecule is CCCNC(=O)c1cccc(CNC2CCC(C#N)C2)c1. The van der Waals surface area contributed by atoms with Crippen LogP contribution in [0.3, 0.4) is 0 Å². The zero-order chi connectivity index (χ0) is 15.1. The maximum Gasteiger partial charge on any atom is 0.251 e. The molecule has 0 spiro atoms. The van der Waals surface area contributed by atoms with Crippen LogP contribution in [-0.4, -0.2) is 18.5 Å². The number of amides is 1. The predicted octanol–water partition coefficient (Wildman–Crippen LogP) is 2.61. The van der Waals surface area contributed by atoms with Gasteiger partial charge in [-0.3, -0.25) is 4.79 Å². The van der Waals surface area contributed by atoms with Crippen molar-refractivity contribution in [2.45, 2.75) is 45.2 Å². The summed E-state index contributed by atoms with van der Waals surface area (Å²) in [5.74, 6) is 0.192. The van der Waals surface area contributed by atoms with Gasteiger partial charge in [0.1, 0.15) is 0 Å². The molecule has 0 saturated heterocycles. The number of nitriles is 1. The van der Waals surface area contributed by atoms with Gasteiger partial charge in [-0.05, 0) is 43.4 Å². The summed E-state index contributed by atoms with van der Waals surface area (Å²) in [4.78, 5) is 11.9. The highest BCUT2D eigenvalue weighted by Crippen LogP contribution is 2.24. The van der Waals surface area contributed by atoms with Crippen molar-refractivity contribution in [2.75, 3.05) is 6.54 Å². The van der Waals surface area contributed by atoms with Gasteiger partial charge in [0.05, 0.1) is 6.07 Å². The van der Waals surface area contributed by atoms with E-state index in [0.29, 0.717) is 18.2 Å². The van der Waals surface area contributed by atoms with Gasteiger partial charge < -0.3 is 10.6 Å². The number of hydrogen-bond donors (Lipinski definition) is 2. The van der Waals surface area contributed by atoms with E-state index in [1.807, 2.05) is 31.2 Å². The fourth-order valence-corrected chi connectivity index (χ4v) is 2.71. The minimum absolute atomic E-state index is 0.0101. The van der Waals surface area contributed by atoms with Gasteiger partial charge in [0.2, 0.25) is 0 Å². The molecule has 2 unspecified atom stereocenters. The predicted molar refractivity (Wildman–Crippen MR) is 82.6 cm³/mol. The first-order valence-corrected chi connectivity index (χ1v) is 7.73. The van der Waals surface area contributed by atoms with Crippen LogP contribution in [0, 0.1) is 17.2 Å². The smallest absolute Gasteiger partial charge is 0.251 e. The molecule has 1 aliphatic rings. The summed E-state index contributed by atoms with van der Waals surface area (Å²) in [6.07, 6.45) is 3.93. The molecule has 1 saturated carbocycles. The van der Waals surface area contributed by atoms with Crippen molar-refractivity contribution in [3.63, 3.8) is 0 Å². The summed E-state index contributed by atoms with van der Waals surface area (Å²) in [7, 11) is 0. The Hall–Kier alpha value is -1.86. The molecule has 0 heterocycles. The van der Waals surface area contributed by atoms with Crippen molar-refractivity contribution < 1.29 is 4.79 Å². The van der Waals surface area contributed by atoms with E-state index in [4.69, 9.17) is 5.26 Å². The first kappa shape index (κ1) is 15.5. The van der Waals surface area contributed by atoms with E-state index in [2.05, 4.69) is 16.7 Å². The van der Waals surface area contributed by atoms with E-state index in [1.165, 1.54) is 0 Å². The van der Waals surface area contributed by atoms with E-state index in [0.717, 1.165) is 37.8 Å². The monoisotopic (exact) mass is 285 g/mol. The van der Waals surface area contributed by atoms with E-state index in [1.54, 1.807) is 0 Å². The summed E-state index contributed by atoms with van der Waals surface area (Å²) in [5.41, 5.74) is 1.82. The molecule has 1 fully saturated rings. The van der Waals surface area contributed by atoms with Crippen LogP contribution >= 0.6 is 0 Å². The molecule has 4 heteroatoms. The van der Waals surface area contributed by atoms with Crippen LogP contribution in [-0.2, 0) is 6.54 Å². The standard InChI is InChI=1S/C17H23N3O/c1-2-8-19-17(21)15-5-3-4-14(9-15)12-20-16-7-6-13(10-16)11-18/h3-5,9,13,16,20H,2,6-8,10,12H2,1H3,(H,19,21). The van der Waals surface area contributed by atoms with Crippen LogP contribution in [0.15, 0.2) is 24.3 Å². The molecule has 2 atom stereocenters. The van der Waals surface area contributed by atoms with Gasteiger partial charge in [0.25, 0.3) is 5.91 Å². The lowest BCUT2D eigenvalue weighted by Gasteiger charge is -2.12. The van der Waals surface area contributed by atoms with E-state index in [9.17, 15) is 4.79 Å². The van der Waals surface area contributed by atoms with Crippen molar-refractivity contribution in [3.8, 4) is 6.07 Å². The largest absolute Gasteiger partial charge is 0.352 e. The third kappa shape index (κ3) is 4.57. The third-order valence-electron chi connectivity index (χ3n) is 3.93. The molecule has 2 rings (SSSR count). The normalized spacial score (nSPS) is 21.0. The van der Waals surface area contributed by atoms with Crippen LogP contribution < -0.4 is 10.6 Å². The second kappa shape index (κ2) is 7.80. The van der Waals surface area contributed by atoms with Gasteiger partial charge in [-0.2, -0.15) is 5.26 Å². The zero-order valence-electron chi connectivity index (χ0n) is 12.6. The molecule has 0 aliphatic heterocycles. The second-order valence-corrected chi connectivity index (χ2v) is 5.67. The van der Waals surface area contributed by atoms with E-state index < -0.39 is 0 Å². The molecular formula is C17H23N3O. The molecule has 1 aliphatic carbocycles. The minimum Gasteiger partial charge on any atom is -0.352 e. The quantitative estimate of drug-likeness (QED) is 0.844. The first-order valence-electron chi connectivity index (χ1n) is 7.73. The van der Waals surface area contributed by atoms with E-state index in [-0.39, 0.29) is 11.8 Å². The van der Waals surface area contributed by atoms with Crippen molar-refractivity contribution >= 4 is 5.91 Å². The zero-order valence-corrected chi connectivity index (χ0v) is 12.6. The van der Waals surface area contributed by atoms with Crippen LogP contribution in [0.25, 0.3) is 0 Å². The lowest BCUT2D eigenvalue weighted by molar-refractivity contribution is 0.0953. The van der Waals surface area contributed by atoms with Gasteiger partial charge in [0, 0.05) is 30.6 Å². The number of nitrogens with one attached hydrogen (secondary N) is 2. The van der Waals surface area contributed by atoms with Crippen LogP contribution in [0.2, 0.25) is 0 Å². The average Bonchev–Trinajstić information content (AvgIpc) is 2.99. The number of carbonyl (C=O) groups excluding carboxylic acids is 1. The van der Waals surface area contributed by atoms with Gasteiger partial charge in [0.15, 0.2) is 0 Å². The second-order valence-electron chi connectivity index (χ2n) is 5.67. The van der Waals surface area contributed by atoms with Gasteiger partial charge >= 0.3 is 0 Å². The fraction of sp³-hybridized carbons (Fsp3) is 0.529. The molecule has 21 heavy (non-hydrogen) atoms. The molecule has 2 N–H and O–H groups in total. The minimum atomic E-state index is -0.0101. The number of benzene rings is 1. The molecule has 0 aromatic heterocycles. The molecule has 4 nitrogen and oxygen atoms in total. The number of rotatable bonds is 6. The van der Waals surface area contributed by atoms with Crippen LogP contribution in [0.4, 0.5) is 0 Å². The molecule has 1 amide bonds. The van der Waals surface area contributed by atoms with Crippen LogP contribution in [0.1, 0.15) is 48.5 Å². The maximum absolute atomic E-state index is 11.9. The number of nitrogens with zero attached hydrogens (tertiary/aromatic N) is 1. The summed E-state index contributed by atoms with van der Waals surface area (Å²) in [5, 5.41) is 15.3. The molecule has 1 aromatic rings. The Morgan fingerprint density at radius 3 is 3.00 bits per heavy atom. The van der Waals surface area contributed by atoms with Crippen LogP contribution in [0.5, 0.6) is 0 Å². The van der Waals surface area contributed by atoms with E-state index >= 15 is 0 Å². The van der Waals surface area contributed by atoms with Crippen molar-refractivity contribution in [1.29, 1.82) is 5.26 Å². The highest BCUT2D eigenvalue weighted by molar-refractivity contribution is 5.94. The molecule has 0 bridgehead atoms. The summed E-state index contributed by atoms with van der Waals surface area (Å²) in [6.45, 7) is 3.49. The lowest BCUT2D eigenvalue weighted by atomic mass is 10.1. The van der Waals surface area contributed by atoms with Crippen molar-refractivity contribution in [1.82, 2.24) is 10.6 Å². The molecular weight excluding hydrogens is 262 g/mol. The Morgan fingerprint density at radius 2 is 2.29 bits per heavy atom. The maximum atomic E-state index is 11.9. The third-order valence-corrected chi connectivity index (χ3v) is 3.93. The molecule has 1 aromatic carbocycles. The van der Waals surface area contributed by atoms with Gasteiger partial charge in [-0.15, -0.1) is 0 Å². The summed E-state index contributed by atoms with van der Waals surface area (Å²) in [6, 6.07) is 10.5. The Kier molecular flexibility index (Phi) is 5.77. The van der Waals surface area contributed by atoms with Gasteiger partial charge in [-0.1, -0.05) is 19.1 Å². The summed E-state index contributed by atoms with van der Waals surface area (Å²) < 4.78 is 0. The van der Waals surface area contributed by atoms with Gasteiger partial charge in [-0.25, -0.2) is 0 Å². The molecule has 0 radical (unpaired) electrons. The van der Waals surface area contributed by atoms with Crippen molar-refractivity contribution in [3.05, 3.63) is 35.4 Å². The number of hydrogen-bond acceptors (Lipinski definition) is 3. The Balaban J connectivity index is 1.87. The number of carbonyl (C=O) groups is 1. The summed E-state index contributed by atoms with van der Waals surface area (Å²) >= 11 is 0. The highest BCUT2D eigenvalue weighted by Gasteiger charge is 2.23. The Morgan fingerprint density at radius 1 is 1.43 bits per heavy atom. The molecule has 112 valence electrons. The fourth-order valence-electron chi connectivity index (χ4n) is 2.71. The topological polar surface area (TPSA) is 64.9 Å². The Labute approximate surface area is 126 Å². The first-order chi connectivity index (χ1) is 10.2. The lowest BCUT2D eigenvalue weighted by Crippen LogP contribution is -2.26. The average molecular weight is 285 g/mol.